The number of hydrogen-bond acceptors (Lipinski definition) is 6. The Morgan fingerprint density at radius 3 is 2.57 bits per heavy atom. The molecule has 1 saturated heterocycles. The van der Waals surface area contributed by atoms with Crippen molar-refractivity contribution < 1.29 is 29.0 Å². The molecular formula is C29H44N2O6. The maximum Gasteiger partial charge on any atom is 0.308 e. The van der Waals surface area contributed by atoms with Crippen LogP contribution in [0, 0.1) is 11.3 Å². The van der Waals surface area contributed by atoms with Crippen molar-refractivity contribution in [2.24, 2.45) is 11.3 Å². The van der Waals surface area contributed by atoms with Crippen molar-refractivity contribution >= 4 is 11.9 Å². The number of carboxylic acids is 1. The van der Waals surface area contributed by atoms with Gasteiger partial charge in [-0.1, -0.05) is 51.8 Å². The minimum atomic E-state index is -0.847. The van der Waals surface area contributed by atoms with E-state index in [9.17, 15) is 14.7 Å². The first kappa shape index (κ1) is 29.0. The number of ether oxygens (including phenoxy) is 2. The first-order valence-electron chi connectivity index (χ1n) is 13.5. The van der Waals surface area contributed by atoms with E-state index in [4.69, 9.17) is 14.3 Å². The van der Waals surface area contributed by atoms with Gasteiger partial charge >= 0.3 is 5.97 Å². The third kappa shape index (κ3) is 7.48. The lowest BCUT2D eigenvalue weighted by Gasteiger charge is -2.34. The van der Waals surface area contributed by atoms with Crippen LogP contribution >= 0.6 is 0 Å². The SMILES string of the molecule is CCCCN(OCCC)C(=O)CN1C[C@H](c2ccc3c(c2)OCO3)C(C(=O)O)[C@@H]1CC(C)(C)C=C(C)C. The highest BCUT2D eigenvalue weighted by atomic mass is 16.7. The second kappa shape index (κ2) is 12.8. The van der Waals surface area contributed by atoms with E-state index in [0.29, 0.717) is 37.6 Å². The summed E-state index contributed by atoms with van der Waals surface area (Å²) >= 11 is 0. The summed E-state index contributed by atoms with van der Waals surface area (Å²) in [6.45, 7) is 14.2. The number of allylic oxidation sites excluding steroid dienone is 2. The van der Waals surface area contributed by atoms with Gasteiger partial charge in [-0.25, -0.2) is 5.06 Å². The molecule has 1 aromatic carbocycles. The smallest absolute Gasteiger partial charge is 0.308 e. The Labute approximate surface area is 221 Å². The molecule has 37 heavy (non-hydrogen) atoms. The quantitative estimate of drug-likeness (QED) is 0.283. The largest absolute Gasteiger partial charge is 0.481 e. The van der Waals surface area contributed by atoms with Gasteiger partial charge in [-0.15, -0.1) is 0 Å². The van der Waals surface area contributed by atoms with E-state index < -0.39 is 11.9 Å². The second-order valence-electron chi connectivity index (χ2n) is 11.2. The molecule has 1 N–H and O–H groups in total. The normalized spacial score (nSPS) is 21.2. The average molecular weight is 517 g/mol. The zero-order valence-electron chi connectivity index (χ0n) is 23.3. The van der Waals surface area contributed by atoms with E-state index in [-0.39, 0.29) is 36.6 Å². The highest BCUT2D eigenvalue weighted by Gasteiger charge is 2.48. The molecule has 2 heterocycles. The number of nitrogens with zero attached hydrogens (tertiary/aromatic N) is 2. The van der Waals surface area contributed by atoms with Gasteiger partial charge < -0.3 is 14.6 Å². The van der Waals surface area contributed by atoms with Gasteiger partial charge in [-0.3, -0.25) is 19.3 Å². The molecule has 0 radical (unpaired) electrons. The molecular weight excluding hydrogens is 472 g/mol. The standard InChI is InChI=1S/C29H44N2O6/c1-7-9-12-31(37-13-8-2)26(32)18-30-17-22(21-10-11-24-25(14-21)36-19-35-24)27(28(33)34)23(30)16-29(5,6)15-20(3)4/h10-11,14-15,22-23,27H,7-9,12-13,16-19H2,1-6H3,(H,33,34)/t22-,23+,27?/m1/s1. The average Bonchev–Trinajstić information content (AvgIpc) is 3.42. The summed E-state index contributed by atoms with van der Waals surface area (Å²) in [5.74, 6) is -0.618. The summed E-state index contributed by atoms with van der Waals surface area (Å²) in [6, 6.07) is 5.35. The number of rotatable bonds is 13. The van der Waals surface area contributed by atoms with Crippen LogP contribution in [0.2, 0.25) is 0 Å². The molecule has 3 atom stereocenters. The fourth-order valence-corrected chi connectivity index (χ4v) is 5.62. The summed E-state index contributed by atoms with van der Waals surface area (Å²) < 4.78 is 11.0. The van der Waals surface area contributed by atoms with Crippen LogP contribution in [0.25, 0.3) is 0 Å². The fraction of sp³-hybridized carbons (Fsp3) is 0.655. The summed E-state index contributed by atoms with van der Waals surface area (Å²) in [7, 11) is 0. The zero-order valence-corrected chi connectivity index (χ0v) is 23.3. The van der Waals surface area contributed by atoms with Crippen LogP contribution in [0.4, 0.5) is 0 Å². The third-order valence-electron chi connectivity index (χ3n) is 7.06. The number of unbranched alkanes of at least 4 members (excludes halogenated alkanes) is 1. The number of hydroxylamine groups is 2. The molecule has 3 rings (SSSR count). The number of likely N-dealkylation sites (tertiary alicyclic amines) is 1. The first-order valence-corrected chi connectivity index (χ1v) is 13.5. The van der Waals surface area contributed by atoms with Crippen molar-refractivity contribution in [2.45, 2.75) is 79.2 Å². The van der Waals surface area contributed by atoms with Crippen LogP contribution in [-0.2, 0) is 14.4 Å². The van der Waals surface area contributed by atoms with Crippen LogP contribution in [0.3, 0.4) is 0 Å². The Kier molecular flexibility index (Phi) is 10.0. The summed E-state index contributed by atoms with van der Waals surface area (Å²) in [5, 5.41) is 11.9. The van der Waals surface area contributed by atoms with E-state index in [1.165, 1.54) is 10.6 Å². The van der Waals surface area contributed by atoms with Crippen molar-refractivity contribution in [3.63, 3.8) is 0 Å². The molecule has 1 aromatic rings. The molecule has 1 fully saturated rings. The number of benzene rings is 1. The summed E-state index contributed by atoms with van der Waals surface area (Å²) in [5.41, 5.74) is 1.84. The van der Waals surface area contributed by atoms with Gasteiger partial charge in [0.1, 0.15) is 0 Å². The number of aliphatic carboxylic acids is 1. The van der Waals surface area contributed by atoms with Gasteiger partial charge in [-0.2, -0.15) is 0 Å². The topological polar surface area (TPSA) is 88.5 Å². The Hall–Kier alpha value is -2.58. The maximum atomic E-state index is 13.4. The van der Waals surface area contributed by atoms with Crippen molar-refractivity contribution in [3.05, 3.63) is 35.4 Å². The van der Waals surface area contributed by atoms with Crippen LogP contribution < -0.4 is 9.47 Å². The van der Waals surface area contributed by atoms with Crippen molar-refractivity contribution in [1.82, 2.24) is 9.96 Å². The maximum absolute atomic E-state index is 13.4. The molecule has 2 aliphatic heterocycles. The first-order chi connectivity index (χ1) is 17.6. The predicted octanol–water partition coefficient (Wildman–Crippen LogP) is 5.24. The fourth-order valence-electron chi connectivity index (χ4n) is 5.62. The number of hydrogen-bond donors (Lipinski definition) is 1. The van der Waals surface area contributed by atoms with Gasteiger partial charge in [0.25, 0.3) is 5.91 Å². The molecule has 1 unspecified atom stereocenters. The number of amides is 1. The van der Waals surface area contributed by atoms with Crippen molar-refractivity contribution in [2.75, 3.05) is 33.0 Å². The van der Waals surface area contributed by atoms with Crippen LogP contribution in [0.1, 0.15) is 78.7 Å². The third-order valence-corrected chi connectivity index (χ3v) is 7.06. The van der Waals surface area contributed by atoms with Crippen molar-refractivity contribution in [3.8, 4) is 11.5 Å². The lowest BCUT2D eigenvalue weighted by atomic mass is 9.77. The molecule has 8 heteroatoms. The summed E-state index contributed by atoms with van der Waals surface area (Å²) in [4.78, 5) is 34.1. The molecule has 0 saturated carbocycles. The molecule has 0 bridgehead atoms. The molecule has 0 aliphatic carbocycles. The summed E-state index contributed by atoms with van der Waals surface area (Å²) in [6.07, 6.45) is 5.43. The monoisotopic (exact) mass is 516 g/mol. The van der Waals surface area contributed by atoms with Crippen LogP contribution in [0.5, 0.6) is 11.5 Å². The van der Waals surface area contributed by atoms with E-state index >= 15 is 0 Å². The van der Waals surface area contributed by atoms with E-state index in [2.05, 4.69) is 45.6 Å². The molecule has 2 aliphatic rings. The van der Waals surface area contributed by atoms with Gasteiger partial charge in [0.05, 0.1) is 19.1 Å². The van der Waals surface area contributed by atoms with E-state index in [1.807, 2.05) is 25.1 Å². The number of fused-ring (bicyclic) bond motifs is 1. The zero-order chi connectivity index (χ0) is 27.2. The van der Waals surface area contributed by atoms with Gasteiger partial charge in [0, 0.05) is 25.0 Å². The Bertz CT molecular complexity index is 963. The molecule has 0 aromatic heterocycles. The van der Waals surface area contributed by atoms with Crippen molar-refractivity contribution in [1.29, 1.82) is 0 Å². The molecule has 8 nitrogen and oxygen atoms in total. The highest BCUT2D eigenvalue weighted by Crippen LogP contribution is 2.45. The minimum Gasteiger partial charge on any atom is -0.481 e. The molecule has 1 amide bonds. The number of carboxylic acid groups (broad SMARTS) is 1. The Balaban J connectivity index is 1.93. The molecule has 0 spiro atoms. The Morgan fingerprint density at radius 2 is 1.92 bits per heavy atom. The highest BCUT2D eigenvalue weighted by molar-refractivity contribution is 5.78. The van der Waals surface area contributed by atoms with Crippen LogP contribution in [-0.4, -0.2) is 66.0 Å². The lowest BCUT2D eigenvalue weighted by Crippen LogP contribution is -2.45. The van der Waals surface area contributed by atoms with E-state index in [0.717, 1.165) is 24.8 Å². The van der Waals surface area contributed by atoms with Gasteiger partial charge in [-0.05, 0) is 56.2 Å². The molecule has 206 valence electrons. The Morgan fingerprint density at radius 1 is 1.19 bits per heavy atom. The van der Waals surface area contributed by atoms with E-state index in [1.54, 1.807) is 0 Å². The number of carbonyl (C=O) groups is 2. The van der Waals surface area contributed by atoms with Gasteiger partial charge in [0.15, 0.2) is 11.5 Å². The van der Waals surface area contributed by atoms with Crippen LogP contribution in [0.15, 0.2) is 29.8 Å². The number of carbonyl (C=O) groups excluding carboxylic acids is 1. The second-order valence-corrected chi connectivity index (χ2v) is 11.2. The lowest BCUT2D eigenvalue weighted by molar-refractivity contribution is -0.188. The minimum absolute atomic E-state index is 0.119. The predicted molar refractivity (Wildman–Crippen MR) is 142 cm³/mol. The van der Waals surface area contributed by atoms with Gasteiger partial charge in [0.2, 0.25) is 6.79 Å².